The summed E-state index contributed by atoms with van der Waals surface area (Å²) in [6, 6.07) is 0.786. The van der Waals surface area contributed by atoms with Crippen LogP contribution in [0, 0.1) is 0 Å². The van der Waals surface area contributed by atoms with E-state index in [4.69, 9.17) is 10.5 Å². The molecule has 0 spiro atoms. The van der Waals surface area contributed by atoms with Gasteiger partial charge in [0.05, 0.1) is 37.7 Å². The van der Waals surface area contributed by atoms with Gasteiger partial charge in [-0.2, -0.15) is 0 Å². The van der Waals surface area contributed by atoms with E-state index in [2.05, 4.69) is 28.3 Å². The van der Waals surface area contributed by atoms with Gasteiger partial charge in [-0.15, -0.1) is 5.10 Å². The van der Waals surface area contributed by atoms with E-state index in [1.165, 1.54) is 0 Å². The van der Waals surface area contributed by atoms with Crippen LogP contribution >= 0.6 is 0 Å². The first-order valence-electron chi connectivity index (χ1n) is 8.91. The number of hydrogen-bond acceptors (Lipinski definition) is 6. The van der Waals surface area contributed by atoms with Crippen molar-refractivity contribution in [1.29, 1.82) is 0 Å². The highest BCUT2D eigenvalue weighted by molar-refractivity contribution is 5.78. The van der Waals surface area contributed by atoms with Gasteiger partial charge in [0, 0.05) is 32.2 Å². The Labute approximate surface area is 142 Å². The highest BCUT2D eigenvalue weighted by atomic mass is 16.5. The minimum absolute atomic E-state index is 0.0330. The summed E-state index contributed by atoms with van der Waals surface area (Å²) in [5.74, 6) is 0.0330. The highest BCUT2D eigenvalue weighted by Gasteiger charge is 2.25. The number of ether oxygens (including phenoxy) is 1. The molecule has 2 fully saturated rings. The third-order valence-corrected chi connectivity index (χ3v) is 5.11. The molecule has 2 N–H and O–H groups in total. The summed E-state index contributed by atoms with van der Waals surface area (Å²) in [5, 5.41) is 8.68. The van der Waals surface area contributed by atoms with E-state index in [9.17, 15) is 4.79 Å². The van der Waals surface area contributed by atoms with Gasteiger partial charge in [-0.1, -0.05) is 12.1 Å². The molecule has 3 heterocycles. The van der Waals surface area contributed by atoms with Crippen molar-refractivity contribution in [3.05, 3.63) is 11.9 Å². The van der Waals surface area contributed by atoms with Gasteiger partial charge >= 0.3 is 0 Å². The number of aromatic nitrogens is 3. The van der Waals surface area contributed by atoms with Crippen molar-refractivity contribution in [3.63, 3.8) is 0 Å². The van der Waals surface area contributed by atoms with Crippen LogP contribution in [0.15, 0.2) is 6.20 Å². The number of carbonyl (C=O) groups is 1. The van der Waals surface area contributed by atoms with E-state index in [-0.39, 0.29) is 12.5 Å². The zero-order chi connectivity index (χ0) is 16.9. The monoisotopic (exact) mass is 336 g/mol. The van der Waals surface area contributed by atoms with Crippen LogP contribution in [0.1, 0.15) is 37.9 Å². The molecular weight excluding hydrogens is 308 g/mol. The molecule has 1 aromatic heterocycles. The van der Waals surface area contributed by atoms with E-state index < -0.39 is 0 Å². The maximum absolute atomic E-state index is 11.6. The first-order chi connectivity index (χ1) is 11.7. The number of nitrogens with two attached hydrogens (primary N) is 1. The number of hydrogen-bond donors (Lipinski definition) is 1. The van der Waals surface area contributed by atoms with Crippen molar-refractivity contribution in [3.8, 4) is 0 Å². The van der Waals surface area contributed by atoms with E-state index >= 15 is 0 Å². The van der Waals surface area contributed by atoms with Crippen molar-refractivity contribution < 1.29 is 9.53 Å². The normalized spacial score (nSPS) is 23.6. The number of carbonyl (C=O) groups excluding carboxylic acids is 1. The van der Waals surface area contributed by atoms with Crippen LogP contribution in [0.2, 0.25) is 0 Å². The number of amides is 1. The second kappa shape index (κ2) is 8.04. The number of nitrogens with zero attached hydrogens (tertiary/aromatic N) is 5. The molecule has 1 aromatic rings. The number of likely N-dealkylation sites (tertiary alicyclic amines) is 1. The summed E-state index contributed by atoms with van der Waals surface area (Å²) in [4.78, 5) is 15.9. The predicted molar refractivity (Wildman–Crippen MR) is 89.2 cm³/mol. The Kier molecular flexibility index (Phi) is 5.80. The molecule has 1 atom stereocenters. The molecule has 0 aromatic carbocycles. The highest BCUT2D eigenvalue weighted by Crippen LogP contribution is 2.22. The summed E-state index contributed by atoms with van der Waals surface area (Å²) in [6.45, 7) is 7.15. The third-order valence-electron chi connectivity index (χ3n) is 5.11. The molecule has 134 valence electrons. The molecule has 8 heteroatoms. The molecule has 0 aliphatic carbocycles. The number of rotatable bonds is 5. The molecule has 3 rings (SSSR count). The zero-order valence-corrected chi connectivity index (χ0v) is 14.4. The third kappa shape index (κ3) is 3.93. The molecule has 8 nitrogen and oxygen atoms in total. The Balaban J connectivity index is 1.55. The van der Waals surface area contributed by atoms with Gasteiger partial charge in [0.2, 0.25) is 5.91 Å². The first-order valence-corrected chi connectivity index (χ1v) is 8.91. The van der Waals surface area contributed by atoms with Crippen molar-refractivity contribution in [1.82, 2.24) is 24.8 Å². The molecule has 2 saturated heterocycles. The first kappa shape index (κ1) is 17.3. The predicted octanol–water partition coefficient (Wildman–Crippen LogP) is 0.0111. The Morgan fingerprint density at radius 2 is 2.17 bits per heavy atom. The van der Waals surface area contributed by atoms with Crippen molar-refractivity contribution in [2.45, 2.75) is 44.8 Å². The van der Waals surface area contributed by atoms with E-state index in [0.29, 0.717) is 12.1 Å². The van der Waals surface area contributed by atoms with Gasteiger partial charge in [0.15, 0.2) is 0 Å². The second-order valence-electron chi connectivity index (χ2n) is 6.61. The van der Waals surface area contributed by atoms with Crippen molar-refractivity contribution in [2.24, 2.45) is 5.73 Å². The molecular formula is C16H28N6O2. The van der Waals surface area contributed by atoms with E-state index in [0.717, 1.165) is 64.3 Å². The number of piperidine rings is 1. The molecule has 0 radical (unpaired) electrons. The fourth-order valence-electron chi connectivity index (χ4n) is 3.55. The average molecular weight is 336 g/mol. The maximum atomic E-state index is 11.6. The lowest BCUT2D eigenvalue weighted by Crippen LogP contribution is -2.44. The maximum Gasteiger partial charge on any atom is 0.236 e. The average Bonchev–Trinajstić information content (AvgIpc) is 3.10. The van der Waals surface area contributed by atoms with Gasteiger partial charge in [-0.25, -0.2) is 4.68 Å². The molecule has 0 unspecified atom stereocenters. The Hall–Kier alpha value is -1.51. The van der Waals surface area contributed by atoms with Gasteiger partial charge in [-0.3, -0.25) is 9.69 Å². The van der Waals surface area contributed by atoms with Gasteiger partial charge in [-0.05, 0) is 19.3 Å². The lowest BCUT2D eigenvalue weighted by Gasteiger charge is -2.34. The molecule has 0 bridgehead atoms. The lowest BCUT2D eigenvalue weighted by molar-refractivity contribution is -0.130. The van der Waals surface area contributed by atoms with Crippen LogP contribution in [0.4, 0.5) is 0 Å². The van der Waals surface area contributed by atoms with Gasteiger partial charge in [0.25, 0.3) is 0 Å². The Morgan fingerprint density at radius 1 is 1.38 bits per heavy atom. The zero-order valence-electron chi connectivity index (χ0n) is 14.4. The van der Waals surface area contributed by atoms with Crippen LogP contribution in [-0.4, -0.2) is 76.1 Å². The summed E-state index contributed by atoms with van der Waals surface area (Å²) in [7, 11) is 0. The van der Waals surface area contributed by atoms with Crippen LogP contribution in [-0.2, 0) is 16.1 Å². The van der Waals surface area contributed by atoms with Crippen LogP contribution < -0.4 is 5.73 Å². The summed E-state index contributed by atoms with van der Waals surface area (Å²) in [6.07, 6.45) is 4.96. The van der Waals surface area contributed by atoms with E-state index in [1.807, 2.05) is 9.58 Å². The standard InChI is InChI=1S/C16H28N6O2/c1-2-14-12-24-8-7-21(14)10-13-11-22(19-18-13)15-3-5-20(6-4-15)16(23)9-17/h11,14-15H,2-10,12,17H2,1H3/t14-/m1/s1. The largest absolute Gasteiger partial charge is 0.378 e. The quantitative estimate of drug-likeness (QED) is 0.815. The summed E-state index contributed by atoms with van der Waals surface area (Å²) in [5.41, 5.74) is 6.44. The van der Waals surface area contributed by atoms with E-state index in [1.54, 1.807) is 0 Å². The van der Waals surface area contributed by atoms with Crippen LogP contribution in [0.25, 0.3) is 0 Å². The fourth-order valence-corrected chi connectivity index (χ4v) is 3.55. The number of morpholine rings is 1. The van der Waals surface area contributed by atoms with Gasteiger partial charge in [0.1, 0.15) is 0 Å². The molecule has 2 aliphatic heterocycles. The Morgan fingerprint density at radius 3 is 2.88 bits per heavy atom. The van der Waals surface area contributed by atoms with Crippen LogP contribution in [0.5, 0.6) is 0 Å². The van der Waals surface area contributed by atoms with Gasteiger partial charge < -0.3 is 15.4 Å². The molecule has 24 heavy (non-hydrogen) atoms. The summed E-state index contributed by atoms with van der Waals surface area (Å²) < 4.78 is 7.53. The second-order valence-corrected chi connectivity index (χ2v) is 6.61. The Bertz CT molecular complexity index is 540. The van der Waals surface area contributed by atoms with Crippen molar-refractivity contribution in [2.75, 3.05) is 39.4 Å². The minimum atomic E-state index is 0.0330. The molecule has 0 saturated carbocycles. The minimum Gasteiger partial charge on any atom is -0.378 e. The smallest absolute Gasteiger partial charge is 0.236 e. The SMILES string of the molecule is CC[C@@H]1COCCN1Cc1cn(C2CCN(C(=O)CN)CC2)nn1. The summed E-state index contributed by atoms with van der Waals surface area (Å²) >= 11 is 0. The fraction of sp³-hybridized carbons (Fsp3) is 0.812. The van der Waals surface area contributed by atoms with Crippen molar-refractivity contribution >= 4 is 5.91 Å². The van der Waals surface area contributed by atoms with Crippen LogP contribution in [0.3, 0.4) is 0 Å². The molecule has 2 aliphatic rings. The topological polar surface area (TPSA) is 89.5 Å². The molecule has 1 amide bonds. The lowest BCUT2D eigenvalue weighted by atomic mass is 10.1.